The molecule has 2 aromatic rings. The molecule has 18 heavy (non-hydrogen) atoms. The van der Waals surface area contributed by atoms with Crippen LogP contribution in [0.3, 0.4) is 0 Å². The number of carbonyl (C=O) groups is 1. The quantitative estimate of drug-likeness (QED) is 0.779. The van der Waals surface area contributed by atoms with Crippen LogP contribution in [0.2, 0.25) is 0 Å². The molecule has 5 nitrogen and oxygen atoms in total. The summed E-state index contributed by atoms with van der Waals surface area (Å²) >= 11 is 0. The molecule has 0 bridgehead atoms. The Hall–Kier alpha value is -2.04. The maximum absolute atomic E-state index is 11.8. The second-order valence-corrected chi connectivity index (χ2v) is 4.10. The van der Waals surface area contributed by atoms with E-state index >= 15 is 0 Å². The van der Waals surface area contributed by atoms with Gasteiger partial charge in [-0.15, -0.1) is 0 Å². The van der Waals surface area contributed by atoms with E-state index in [-0.39, 0.29) is 12.4 Å². The molecule has 0 N–H and O–H groups in total. The van der Waals surface area contributed by atoms with Gasteiger partial charge in [0.1, 0.15) is 18.2 Å². The van der Waals surface area contributed by atoms with E-state index in [1.54, 1.807) is 23.0 Å². The molecule has 0 spiro atoms. The fraction of sp³-hybridized carbons (Fsp3) is 0.385. The Kier molecular flexibility index (Phi) is 3.50. The summed E-state index contributed by atoms with van der Waals surface area (Å²) in [4.78, 5) is 15.9. The minimum atomic E-state index is -0.458. The van der Waals surface area contributed by atoms with Crippen LogP contribution >= 0.6 is 0 Å². The number of rotatable bonds is 4. The Bertz CT molecular complexity index is 554. The number of furan rings is 1. The van der Waals surface area contributed by atoms with Gasteiger partial charge in [-0.05, 0) is 18.6 Å². The highest BCUT2D eigenvalue weighted by atomic mass is 16.5. The number of aryl methyl sites for hydroxylation is 3. The molecule has 0 aliphatic carbocycles. The first-order chi connectivity index (χ1) is 8.61. The maximum Gasteiger partial charge on any atom is 0.374 e. The fourth-order valence-corrected chi connectivity index (χ4v) is 1.71. The third kappa shape index (κ3) is 2.45. The summed E-state index contributed by atoms with van der Waals surface area (Å²) < 4.78 is 12.4. The summed E-state index contributed by atoms with van der Waals surface area (Å²) in [7, 11) is 1.85. The molecule has 96 valence electrons. The Morgan fingerprint density at radius 2 is 2.33 bits per heavy atom. The van der Waals surface area contributed by atoms with Gasteiger partial charge in [0.25, 0.3) is 0 Å². The molecule has 0 aliphatic rings. The first kappa shape index (κ1) is 12.4. The zero-order valence-corrected chi connectivity index (χ0v) is 10.8. The van der Waals surface area contributed by atoms with Crippen molar-refractivity contribution in [2.24, 2.45) is 7.05 Å². The third-order valence-corrected chi connectivity index (χ3v) is 2.80. The molecule has 0 atom stereocenters. The van der Waals surface area contributed by atoms with Gasteiger partial charge in [0, 0.05) is 25.9 Å². The van der Waals surface area contributed by atoms with Crippen molar-refractivity contribution in [1.29, 1.82) is 0 Å². The number of hydrogen-bond acceptors (Lipinski definition) is 4. The SMILES string of the molecule is CCc1oc(C(=O)OCc2nccn2C)cc1C. The van der Waals surface area contributed by atoms with E-state index in [4.69, 9.17) is 9.15 Å². The van der Waals surface area contributed by atoms with Crippen LogP contribution in [0.15, 0.2) is 22.9 Å². The lowest BCUT2D eigenvalue weighted by molar-refractivity contribution is 0.0421. The number of imidazole rings is 1. The van der Waals surface area contributed by atoms with E-state index in [9.17, 15) is 4.79 Å². The second kappa shape index (κ2) is 5.08. The normalized spacial score (nSPS) is 10.6. The lowest BCUT2D eigenvalue weighted by Gasteiger charge is -2.02. The average Bonchev–Trinajstić information content (AvgIpc) is 2.92. The number of hydrogen-bond donors (Lipinski definition) is 0. The van der Waals surface area contributed by atoms with E-state index < -0.39 is 5.97 Å². The highest BCUT2D eigenvalue weighted by Gasteiger charge is 2.15. The van der Waals surface area contributed by atoms with E-state index in [0.717, 1.165) is 17.7 Å². The Morgan fingerprint density at radius 1 is 1.56 bits per heavy atom. The molecular formula is C13H16N2O3. The third-order valence-electron chi connectivity index (χ3n) is 2.80. The predicted octanol–water partition coefficient (Wildman–Crippen LogP) is 2.24. The van der Waals surface area contributed by atoms with Crippen LogP contribution in [-0.2, 0) is 24.8 Å². The van der Waals surface area contributed by atoms with Crippen molar-refractivity contribution in [1.82, 2.24) is 9.55 Å². The van der Waals surface area contributed by atoms with Gasteiger partial charge in [-0.25, -0.2) is 9.78 Å². The smallest absolute Gasteiger partial charge is 0.374 e. The number of ether oxygens (including phenoxy) is 1. The zero-order valence-electron chi connectivity index (χ0n) is 10.8. The number of nitrogens with zero attached hydrogens (tertiary/aromatic N) is 2. The van der Waals surface area contributed by atoms with E-state index in [1.807, 2.05) is 20.9 Å². The number of esters is 1. The first-order valence-corrected chi connectivity index (χ1v) is 5.84. The number of aromatic nitrogens is 2. The molecule has 2 rings (SSSR count). The van der Waals surface area contributed by atoms with Crippen molar-refractivity contribution < 1.29 is 13.9 Å². The minimum Gasteiger partial charge on any atom is -0.454 e. The molecule has 0 amide bonds. The van der Waals surface area contributed by atoms with Gasteiger partial charge in [0.05, 0.1) is 0 Å². The molecule has 0 aliphatic heterocycles. The van der Waals surface area contributed by atoms with Crippen LogP contribution < -0.4 is 0 Å². The zero-order chi connectivity index (χ0) is 13.1. The Labute approximate surface area is 105 Å². The van der Waals surface area contributed by atoms with Gasteiger partial charge >= 0.3 is 5.97 Å². The summed E-state index contributed by atoms with van der Waals surface area (Å²) in [6.45, 7) is 4.04. The topological polar surface area (TPSA) is 57.3 Å². The standard InChI is InChI=1S/C13H16N2O3/c1-4-10-9(2)7-11(18-10)13(16)17-8-12-14-5-6-15(12)3/h5-7H,4,8H2,1-3H3. The van der Waals surface area contributed by atoms with Gasteiger partial charge in [-0.1, -0.05) is 6.92 Å². The lowest BCUT2D eigenvalue weighted by atomic mass is 10.2. The second-order valence-electron chi connectivity index (χ2n) is 4.10. The van der Waals surface area contributed by atoms with Crippen LogP contribution in [0.25, 0.3) is 0 Å². The predicted molar refractivity (Wildman–Crippen MR) is 65.2 cm³/mol. The fourth-order valence-electron chi connectivity index (χ4n) is 1.71. The monoisotopic (exact) mass is 248 g/mol. The molecule has 0 saturated heterocycles. The summed E-state index contributed by atoms with van der Waals surface area (Å²) in [6.07, 6.45) is 4.23. The first-order valence-electron chi connectivity index (χ1n) is 5.84. The molecule has 5 heteroatoms. The summed E-state index contributed by atoms with van der Waals surface area (Å²) in [5.74, 6) is 1.31. The Morgan fingerprint density at radius 3 is 2.89 bits per heavy atom. The highest BCUT2D eigenvalue weighted by molar-refractivity contribution is 5.86. The van der Waals surface area contributed by atoms with E-state index in [2.05, 4.69) is 4.98 Å². The largest absolute Gasteiger partial charge is 0.454 e. The van der Waals surface area contributed by atoms with Crippen LogP contribution in [0.1, 0.15) is 34.6 Å². The lowest BCUT2D eigenvalue weighted by Crippen LogP contribution is -2.07. The van der Waals surface area contributed by atoms with Crippen molar-refractivity contribution in [2.45, 2.75) is 26.9 Å². The average molecular weight is 248 g/mol. The Balaban J connectivity index is 2.01. The summed E-state index contributed by atoms with van der Waals surface area (Å²) in [5, 5.41) is 0. The van der Waals surface area contributed by atoms with E-state index in [1.165, 1.54) is 0 Å². The van der Waals surface area contributed by atoms with Crippen molar-refractivity contribution in [3.05, 3.63) is 41.4 Å². The van der Waals surface area contributed by atoms with E-state index in [0.29, 0.717) is 5.82 Å². The van der Waals surface area contributed by atoms with Gasteiger partial charge in [-0.3, -0.25) is 0 Å². The molecule has 0 aromatic carbocycles. The minimum absolute atomic E-state index is 0.142. The molecule has 2 aromatic heterocycles. The molecular weight excluding hydrogens is 232 g/mol. The maximum atomic E-state index is 11.8. The van der Waals surface area contributed by atoms with Crippen molar-refractivity contribution in [3.8, 4) is 0 Å². The molecule has 2 heterocycles. The number of carbonyl (C=O) groups excluding carboxylic acids is 1. The molecule has 0 radical (unpaired) electrons. The van der Waals surface area contributed by atoms with Crippen LogP contribution in [-0.4, -0.2) is 15.5 Å². The van der Waals surface area contributed by atoms with Gasteiger partial charge in [0.2, 0.25) is 5.76 Å². The van der Waals surface area contributed by atoms with Crippen LogP contribution in [0.5, 0.6) is 0 Å². The highest BCUT2D eigenvalue weighted by Crippen LogP contribution is 2.16. The van der Waals surface area contributed by atoms with Crippen LogP contribution in [0.4, 0.5) is 0 Å². The van der Waals surface area contributed by atoms with Crippen LogP contribution in [0, 0.1) is 6.92 Å². The van der Waals surface area contributed by atoms with Gasteiger partial charge in [0.15, 0.2) is 0 Å². The summed E-state index contributed by atoms with van der Waals surface area (Å²) in [6, 6.07) is 1.71. The van der Waals surface area contributed by atoms with Crippen molar-refractivity contribution in [2.75, 3.05) is 0 Å². The van der Waals surface area contributed by atoms with Crippen molar-refractivity contribution >= 4 is 5.97 Å². The molecule has 0 saturated carbocycles. The van der Waals surface area contributed by atoms with Gasteiger partial charge in [-0.2, -0.15) is 0 Å². The summed E-state index contributed by atoms with van der Waals surface area (Å²) in [5.41, 5.74) is 0.974. The van der Waals surface area contributed by atoms with Crippen molar-refractivity contribution in [3.63, 3.8) is 0 Å². The van der Waals surface area contributed by atoms with Gasteiger partial charge < -0.3 is 13.7 Å². The molecule has 0 unspecified atom stereocenters. The molecule has 0 fully saturated rings.